The summed E-state index contributed by atoms with van der Waals surface area (Å²) in [6.45, 7) is 5.54. The zero-order valence-electron chi connectivity index (χ0n) is 18.4. The van der Waals surface area contributed by atoms with Gasteiger partial charge in [-0.3, -0.25) is 4.79 Å². The number of anilines is 1. The third kappa shape index (κ3) is 6.22. The average molecular weight is 504 g/mol. The van der Waals surface area contributed by atoms with E-state index in [0.29, 0.717) is 0 Å². The first-order valence-corrected chi connectivity index (χ1v) is 10.6. The standard InChI is InChI=1S/C22H23ClF5N5O/c1-21(2,3)17-16(25)18(33-32-17)30-20(29-15-9-8-13(24)10-14(15)23)31-19(34)11-4-6-12(7-5-11)22(26,27)28/h4-10,16-18,32-33H,1-3H3,(H2,29,30,31,34). The molecule has 6 nitrogen and oxygen atoms in total. The molecule has 0 aliphatic carbocycles. The summed E-state index contributed by atoms with van der Waals surface area (Å²) in [6, 6.07) is 6.35. The molecule has 0 saturated carbocycles. The Morgan fingerprint density at radius 3 is 2.24 bits per heavy atom. The number of nitrogens with zero attached hydrogens (tertiary/aromatic N) is 1. The number of halogens is 6. The van der Waals surface area contributed by atoms with Crippen LogP contribution in [0.3, 0.4) is 0 Å². The Hall–Kier alpha value is -2.76. The summed E-state index contributed by atoms with van der Waals surface area (Å²) >= 11 is 6.04. The van der Waals surface area contributed by atoms with E-state index in [-0.39, 0.29) is 22.2 Å². The van der Waals surface area contributed by atoms with Crippen LogP contribution < -0.4 is 21.5 Å². The second-order valence-electron chi connectivity index (χ2n) is 8.79. The second-order valence-corrected chi connectivity index (χ2v) is 9.20. The third-order valence-electron chi connectivity index (χ3n) is 5.11. The lowest BCUT2D eigenvalue weighted by molar-refractivity contribution is -0.137. The fourth-order valence-corrected chi connectivity index (χ4v) is 3.49. The normalized spacial score (nSPS) is 21.4. The van der Waals surface area contributed by atoms with E-state index in [1.165, 1.54) is 6.07 Å². The fourth-order valence-electron chi connectivity index (χ4n) is 3.27. The highest BCUT2D eigenvalue weighted by molar-refractivity contribution is 6.33. The zero-order valence-corrected chi connectivity index (χ0v) is 19.2. The van der Waals surface area contributed by atoms with Crippen LogP contribution in [-0.4, -0.2) is 30.2 Å². The van der Waals surface area contributed by atoms with Crippen LogP contribution in [0.2, 0.25) is 5.02 Å². The largest absolute Gasteiger partial charge is 0.416 e. The summed E-state index contributed by atoms with van der Waals surface area (Å²) in [4.78, 5) is 16.5. The first kappa shape index (κ1) is 25.9. The number of hydrazine groups is 1. The number of carbonyl (C=O) groups is 1. The third-order valence-corrected chi connectivity index (χ3v) is 5.43. The number of carbonyl (C=O) groups excluding carboxylic acids is 1. The molecule has 1 aliphatic rings. The lowest BCUT2D eigenvalue weighted by Gasteiger charge is -2.28. The van der Waals surface area contributed by atoms with E-state index in [0.717, 1.165) is 36.4 Å². The number of hydrogen-bond acceptors (Lipinski definition) is 3. The first-order chi connectivity index (χ1) is 15.8. The molecule has 3 atom stereocenters. The first-order valence-electron chi connectivity index (χ1n) is 10.2. The maximum absolute atomic E-state index is 15.1. The van der Waals surface area contributed by atoms with Crippen molar-refractivity contribution in [1.29, 1.82) is 0 Å². The van der Waals surface area contributed by atoms with E-state index in [1.54, 1.807) is 0 Å². The van der Waals surface area contributed by atoms with Crippen LogP contribution in [0.5, 0.6) is 0 Å². The molecule has 0 aromatic heterocycles. The summed E-state index contributed by atoms with van der Waals surface area (Å²) in [7, 11) is 0. The van der Waals surface area contributed by atoms with Gasteiger partial charge in [0.2, 0.25) is 5.96 Å². The predicted octanol–water partition coefficient (Wildman–Crippen LogP) is 4.88. The van der Waals surface area contributed by atoms with Gasteiger partial charge in [-0.15, -0.1) is 0 Å². The highest BCUT2D eigenvalue weighted by atomic mass is 35.5. The number of hydrogen-bond donors (Lipinski definition) is 4. The van der Waals surface area contributed by atoms with Crippen LogP contribution >= 0.6 is 11.6 Å². The Labute approximate surface area is 197 Å². The number of rotatable bonds is 3. The van der Waals surface area contributed by atoms with Crippen molar-refractivity contribution in [1.82, 2.24) is 16.2 Å². The lowest BCUT2D eigenvalue weighted by Crippen LogP contribution is -2.50. The molecule has 184 valence electrons. The molecular weight excluding hydrogens is 481 g/mol. The van der Waals surface area contributed by atoms with Crippen molar-refractivity contribution < 1.29 is 26.7 Å². The van der Waals surface area contributed by atoms with Crippen molar-refractivity contribution in [3.05, 3.63) is 64.4 Å². The van der Waals surface area contributed by atoms with Gasteiger partial charge in [0.1, 0.15) is 12.0 Å². The Balaban J connectivity index is 1.88. The minimum absolute atomic E-state index is 0.0293. The van der Waals surface area contributed by atoms with Gasteiger partial charge < -0.3 is 10.6 Å². The molecule has 3 unspecified atom stereocenters. The molecule has 3 rings (SSSR count). The number of benzene rings is 2. The van der Waals surface area contributed by atoms with Crippen LogP contribution in [0.25, 0.3) is 0 Å². The second kappa shape index (κ2) is 9.85. The molecule has 1 amide bonds. The van der Waals surface area contributed by atoms with E-state index < -0.39 is 47.3 Å². The topological polar surface area (TPSA) is 77.5 Å². The van der Waals surface area contributed by atoms with E-state index >= 15 is 4.39 Å². The zero-order chi connectivity index (χ0) is 25.3. The molecule has 1 heterocycles. The summed E-state index contributed by atoms with van der Waals surface area (Å²) < 4.78 is 66.9. The Bertz CT molecular complexity index is 1070. The van der Waals surface area contributed by atoms with E-state index in [4.69, 9.17) is 11.6 Å². The molecule has 0 bridgehead atoms. The maximum atomic E-state index is 15.1. The number of guanidine groups is 1. The van der Waals surface area contributed by atoms with Crippen LogP contribution in [0.15, 0.2) is 47.5 Å². The van der Waals surface area contributed by atoms with Gasteiger partial charge in [-0.05, 0) is 47.9 Å². The minimum atomic E-state index is -4.56. The molecule has 1 fully saturated rings. The highest BCUT2D eigenvalue weighted by Gasteiger charge is 2.43. The molecule has 2 aromatic carbocycles. The maximum Gasteiger partial charge on any atom is 0.416 e. The Morgan fingerprint density at radius 1 is 1.06 bits per heavy atom. The molecule has 0 spiro atoms. The van der Waals surface area contributed by atoms with E-state index in [1.807, 2.05) is 20.8 Å². The fraction of sp³-hybridized carbons (Fsp3) is 0.364. The summed E-state index contributed by atoms with van der Waals surface area (Å²) in [6.07, 6.45) is -7.02. The van der Waals surface area contributed by atoms with Crippen LogP contribution in [0.4, 0.5) is 27.6 Å². The van der Waals surface area contributed by atoms with Crippen LogP contribution in [-0.2, 0) is 6.18 Å². The Morgan fingerprint density at radius 2 is 1.71 bits per heavy atom. The van der Waals surface area contributed by atoms with E-state index in [2.05, 4.69) is 26.5 Å². The van der Waals surface area contributed by atoms with Gasteiger partial charge in [0.15, 0.2) is 6.17 Å². The Kier molecular flexibility index (Phi) is 7.49. The van der Waals surface area contributed by atoms with Gasteiger partial charge in [0, 0.05) is 5.56 Å². The van der Waals surface area contributed by atoms with Gasteiger partial charge in [0.25, 0.3) is 5.91 Å². The molecular formula is C22H23ClF5N5O. The van der Waals surface area contributed by atoms with Crippen molar-refractivity contribution >= 4 is 29.2 Å². The van der Waals surface area contributed by atoms with Crippen LogP contribution in [0, 0.1) is 11.2 Å². The van der Waals surface area contributed by atoms with Gasteiger partial charge in [-0.2, -0.15) is 18.2 Å². The highest BCUT2D eigenvalue weighted by Crippen LogP contribution is 2.30. The molecule has 1 saturated heterocycles. The van der Waals surface area contributed by atoms with Crippen LogP contribution in [0.1, 0.15) is 36.7 Å². The molecule has 1 aliphatic heterocycles. The van der Waals surface area contributed by atoms with Crippen molar-refractivity contribution in [3.8, 4) is 0 Å². The van der Waals surface area contributed by atoms with E-state index in [9.17, 15) is 22.4 Å². The van der Waals surface area contributed by atoms with Crippen molar-refractivity contribution in [2.75, 3.05) is 5.32 Å². The minimum Gasteiger partial charge on any atom is -0.336 e. The van der Waals surface area contributed by atoms with Gasteiger partial charge >= 0.3 is 6.18 Å². The molecule has 34 heavy (non-hydrogen) atoms. The monoisotopic (exact) mass is 503 g/mol. The van der Waals surface area contributed by atoms with Crippen molar-refractivity contribution in [2.24, 2.45) is 10.4 Å². The number of aliphatic imine (C=N–C) groups is 1. The molecule has 12 heteroatoms. The van der Waals surface area contributed by atoms with Crippen molar-refractivity contribution in [3.63, 3.8) is 0 Å². The SMILES string of the molecule is CC(C)(C)C1NNC(N/C(=N\C(=O)c2ccc(C(F)(F)F)cc2)Nc2ccc(F)cc2Cl)C1F. The smallest absolute Gasteiger partial charge is 0.336 e. The molecule has 0 radical (unpaired) electrons. The molecule has 4 N–H and O–H groups in total. The van der Waals surface area contributed by atoms with Gasteiger partial charge in [-0.25, -0.2) is 19.6 Å². The lowest BCUT2D eigenvalue weighted by atomic mass is 9.84. The van der Waals surface area contributed by atoms with Crippen molar-refractivity contribution in [2.45, 2.75) is 45.3 Å². The summed E-state index contributed by atoms with van der Waals surface area (Å²) in [5.41, 5.74) is 4.29. The molecule has 2 aromatic rings. The number of alkyl halides is 4. The average Bonchev–Trinajstić information content (AvgIpc) is 3.10. The number of amides is 1. The summed E-state index contributed by atoms with van der Waals surface area (Å²) in [5.74, 6) is -1.73. The predicted molar refractivity (Wildman–Crippen MR) is 120 cm³/mol. The quantitative estimate of drug-likeness (QED) is 0.273. The summed E-state index contributed by atoms with van der Waals surface area (Å²) in [5, 5.41) is 5.42. The van der Waals surface area contributed by atoms with Gasteiger partial charge in [0.05, 0.1) is 22.3 Å². The number of nitrogens with one attached hydrogen (secondary N) is 4. The van der Waals surface area contributed by atoms with Gasteiger partial charge in [-0.1, -0.05) is 32.4 Å².